The number of aromatic nitrogens is 2. The lowest BCUT2D eigenvalue weighted by molar-refractivity contribution is -0.128. The van der Waals surface area contributed by atoms with Crippen LogP contribution in [0.4, 0.5) is 4.39 Å². The first-order valence-corrected chi connectivity index (χ1v) is 11.2. The zero-order valence-electron chi connectivity index (χ0n) is 18.6. The van der Waals surface area contributed by atoms with Crippen molar-refractivity contribution in [2.24, 2.45) is 0 Å². The first kappa shape index (κ1) is 21.2. The van der Waals surface area contributed by atoms with Crippen LogP contribution >= 0.6 is 0 Å². The number of aryl methyl sites for hydroxylation is 1. The summed E-state index contributed by atoms with van der Waals surface area (Å²) in [5.74, 6) is 1.59. The van der Waals surface area contributed by atoms with Crippen molar-refractivity contribution < 1.29 is 13.9 Å². The number of fused-ring (bicyclic) bond motifs is 1. The summed E-state index contributed by atoms with van der Waals surface area (Å²) < 4.78 is 21.4. The van der Waals surface area contributed by atoms with Gasteiger partial charge in [0, 0.05) is 25.4 Å². The third kappa shape index (κ3) is 4.60. The second-order valence-electron chi connectivity index (χ2n) is 8.58. The van der Waals surface area contributed by atoms with Gasteiger partial charge in [0.15, 0.2) is 0 Å². The Labute approximate surface area is 192 Å². The van der Waals surface area contributed by atoms with Crippen molar-refractivity contribution in [3.63, 3.8) is 0 Å². The molecule has 0 aliphatic carbocycles. The first-order chi connectivity index (χ1) is 16.1. The van der Waals surface area contributed by atoms with E-state index in [1.807, 2.05) is 54.3 Å². The highest BCUT2D eigenvalue weighted by Gasteiger charge is 2.34. The Kier molecular flexibility index (Phi) is 5.82. The molecule has 0 bridgehead atoms. The van der Waals surface area contributed by atoms with E-state index in [-0.39, 0.29) is 17.6 Å². The van der Waals surface area contributed by atoms with E-state index in [1.165, 1.54) is 12.1 Å². The Bertz CT molecular complexity index is 1280. The van der Waals surface area contributed by atoms with Crippen molar-refractivity contribution in [3.8, 4) is 5.75 Å². The summed E-state index contributed by atoms with van der Waals surface area (Å²) in [7, 11) is 0. The van der Waals surface area contributed by atoms with Gasteiger partial charge in [-0.2, -0.15) is 0 Å². The molecule has 33 heavy (non-hydrogen) atoms. The largest absolute Gasteiger partial charge is 0.492 e. The SMILES string of the molecule is Cc1cccc(OCCn2c([C@@H]3CC(=O)N(Cc4ccc(F)cc4)C3)nc3ccccc32)c1. The molecule has 0 N–H and O–H groups in total. The molecule has 5 nitrogen and oxygen atoms in total. The fourth-order valence-electron chi connectivity index (χ4n) is 4.51. The summed E-state index contributed by atoms with van der Waals surface area (Å²) in [4.78, 5) is 19.5. The predicted octanol–water partition coefficient (Wildman–Crippen LogP) is 5.08. The molecule has 0 radical (unpaired) electrons. The van der Waals surface area contributed by atoms with Crippen molar-refractivity contribution in [1.29, 1.82) is 0 Å². The molecule has 1 fully saturated rings. The van der Waals surface area contributed by atoms with Crippen LogP contribution in [0.1, 0.15) is 29.3 Å². The van der Waals surface area contributed by atoms with Crippen LogP contribution in [0.5, 0.6) is 5.75 Å². The van der Waals surface area contributed by atoms with E-state index in [0.717, 1.165) is 33.7 Å². The Morgan fingerprint density at radius 3 is 2.70 bits per heavy atom. The molecule has 4 aromatic rings. The number of nitrogens with zero attached hydrogens (tertiary/aromatic N) is 3. The third-order valence-corrected chi connectivity index (χ3v) is 6.12. The molecule has 1 aliphatic heterocycles. The second-order valence-corrected chi connectivity index (χ2v) is 8.58. The van der Waals surface area contributed by atoms with Gasteiger partial charge in [-0.3, -0.25) is 4.79 Å². The fourth-order valence-corrected chi connectivity index (χ4v) is 4.51. The van der Waals surface area contributed by atoms with E-state index in [9.17, 15) is 9.18 Å². The fraction of sp³-hybridized carbons (Fsp3) is 0.259. The first-order valence-electron chi connectivity index (χ1n) is 11.2. The maximum atomic E-state index is 13.2. The Hall–Kier alpha value is -3.67. The molecule has 0 unspecified atom stereocenters. The summed E-state index contributed by atoms with van der Waals surface area (Å²) in [5.41, 5.74) is 4.05. The van der Waals surface area contributed by atoms with Crippen molar-refractivity contribution in [3.05, 3.63) is 95.6 Å². The molecular formula is C27H26FN3O2. The number of rotatable bonds is 7. The normalized spacial score (nSPS) is 16.0. The molecular weight excluding hydrogens is 417 g/mol. The standard InChI is InChI=1S/C27H26FN3O2/c1-19-5-4-6-23(15-19)33-14-13-31-25-8-3-2-7-24(25)29-27(31)21-16-26(32)30(18-21)17-20-9-11-22(28)12-10-20/h2-12,15,21H,13-14,16-18H2,1H3/t21-/m1/s1. The van der Waals surface area contributed by atoms with E-state index in [4.69, 9.17) is 9.72 Å². The Balaban J connectivity index is 1.35. The van der Waals surface area contributed by atoms with Crippen LogP contribution in [0, 0.1) is 12.7 Å². The zero-order chi connectivity index (χ0) is 22.8. The van der Waals surface area contributed by atoms with Crippen LogP contribution in [0.2, 0.25) is 0 Å². The highest BCUT2D eigenvalue weighted by Crippen LogP contribution is 2.31. The van der Waals surface area contributed by atoms with Crippen LogP contribution in [0.25, 0.3) is 11.0 Å². The number of amides is 1. The van der Waals surface area contributed by atoms with Gasteiger partial charge in [-0.15, -0.1) is 0 Å². The minimum absolute atomic E-state index is 0.00400. The van der Waals surface area contributed by atoms with E-state index in [1.54, 1.807) is 12.1 Å². The Morgan fingerprint density at radius 2 is 1.88 bits per heavy atom. The van der Waals surface area contributed by atoms with Crippen molar-refractivity contribution >= 4 is 16.9 Å². The number of hydrogen-bond acceptors (Lipinski definition) is 3. The van der Waals surface area contributed by atoms with Gasteiger partial charge in [0.25, 0.3) is 0 Å². The summed E-state index contributed by atoms with van der Waals surface area (Å²) in [6.07, 6.45) is 0.420. The molecule has 2 heterocycles. The van der Waals surface area contributed by atoms with Crippen molar-refractivity contribution in [2.45, 2.75) is 32.4 Å². The third-order valence-electron chi connectivity index (χ3n) is 6.12. The minimum atomic E-state index is -0.272. The number of para-hydroxylation sites is 2. The van der Waals surface area contributed by atoms with E-state index < -0.39 is 0 Å². The number of ether oxygens (including phenoxy) is 1. The molecule has 1 saturated heterocycles. The lowest BCUT2D eigenvalue weighted by atomic mass is 10.1. The molecule has 1 aliphatic rings. The lowest BCUT2D eigenvalue weighted by Crippen LogP contribution is -2.24. The van der Waals surface area contributed by atoms with Crippen molar-refractivity contribution in [2.75, 3.05) is 13.2 Å². The number of carbonyl (C=O) groups excluding carboxylic acids is 1. The minimum Gasteiger partial charge on any atom is -0.492 e. The summed E-state index contributed by atoms with van der Waals surface area (Å²) in [6, 6.07) is 22.4. The Morgan fingerprint density at radius 1 is 1.06 bits per heavy atom. The van der Waals surface area contributed by atoms with Crippen LogP contribution < -0.4 is 4.74 Å². The maximum Gasteiger partial charge on any atom is 0.223 e. The van der Waals surface area contributed by atoms with Gasteiger partial charge < -0.3 is 14.2 Å². The second kappa shape index (κ2) is 9.06. The number of hydrogen-bond donors (Lipinski definition) is 0. The quantitative estimate of drug-likeness (QED) is 0.400. The molecule has 5 rings (SSSR count). The highest BCUT2D eigenvalue weighted by atomic mass is 19.1. The van der Waals surface area contributed by atoms with Crippen LogP contribution in [0.15, 0.2) is 72.8 Å². The number of carbonyl (C=O) groups is 1. The summed E-state index contributed by atoms with van der Waals surface area (Å²) in [6.45, 7) is 4.27. The topological polar surface area (TPSA) is 47.4 Å². The van der Waals surface area contributed by atoms with Gasteiger partial charge in [-0.1, -0.05) is 36.4 Å². The number of imidazole rings is 1. The number of benzene rings is 3. The molecule has 1 amide bonds. The van der Waals surface area contributed by atoms with Crippen LogP contribution in [0.3, 0.4) is 0 Å². The van der Waals surface area contributed by atoms with Gasteiger partial charge in [0.1, 0.15) is 24.0 Å². The summed E-state index contributed by atoms with van der Waals surface area (Å²) >= 11 is 0. The maximum absolute atomic E-state index is 13.2. The smallest absolute Gasteiger partial charge is 0.223 e. The lowest BCUT2D eigenvalue weighted by Gasteiger charge is -2.17. The van der Waals surface area contributed by atoms with Gasteiger partial charge in [-0.25, -0.2) is 9.37 Å². The van der Waals surface area contributed by atoms with Gasteiger partial charge in [0.05, 0.1) is 17.6 Å². The van der Waals surface area contributed by atoms with Gasteiger partial charge in [-0.05, 0) is 54.4 Å². The molecule has 168 valence electrons. The zero-order valence-corrected chi connectivity index (χ0v) is 18.6. The molecule has 0 spiro atoms. The van der Waals surface area contributed by atoms with Crippen molar-refractivity contribution in [1.82, 2.24) is 14.5 Å². The molecule has 1 aromatic heterocycles. The monoisotopic (exact) mass is 443 g/mol. The van der Waals surface area contributed by atoms with Gasteiger partial charge in [0.2, 0.25) is 5.91 Å². The average molecular weight is 444 g/mol. The molecule has 0 saturated carbocycles. The van der Waals surface area contributed by atoms with Crippen LogP contribution in [-0.4, -0.2) is 33.5 Å². The van der Waals surface area contributed by atoms with Gasteiger partial charge >= 0.3 is 0 Å². The highest BCUT2D eigenvalue weighted by molar-refractivity contribution is 5.81. The van der Waals surface area contributed by atoms with Crippen LogP contribution in [-0.2, 0) is 17.9 Å². The number of likely N-dealkylation sites (tertiary alicyclic amines) is 1. The molecule has 1 atom stereocenters. The average Bonchev–Trinajstić information content (AvgIpc) is 3.36. The van der Waals surface area contributed by atoms with E-state index >= 15 is 0 Å². The summed E-state index contributed by atoms with van der Waals surface area (Å²) in [5, 5.41) is 0. The predicted molar refractivity (Wildman–Crippen MR) is 126 cm³/mol. The number of halogens is 1. The molecule has 6 heteroatoms. The van der Waals surface area contributed by atoms with E-state index in [0.29, 0.717) is 32.7 Å². The van der Waals surface area contributed by atoms with E-state index in [2.05, 4.69) is 10.6 Å². The molecule has 3 aromatic carbocycles.